The second-order valence-electron chi connectivity index (χ2n) is 7.08. The molecular formula is C23H24FN5. The summed E-state index contributed by atoms with van der Waals surface area (Å²) in [5.41, 5.74) is 9.45. The van der Waals surface area contributed by atoms with Gasteiger partial charge in [-0.25, -0.2) is 9.37 Å². The third kappa shape index (κ3) is 4.27. The number of hydrogen-bond donors (Lipinski definition) is 2. The molecule has 1 aromatic heterocycles. The molecule has 3 N–H and O–H groups in total. The Hall–Kier alpha value is -3.25. The summed E-state index contributed by atoms with van der Waals surface area (Å²) in [6.45, 7) is 3.97. The molecule has 6 heteroatoms. The summed E-state index contributed by atoms with van der Waals surface area (Å²) >= 11 is 0. The molecule has 29 heavy (non-hydrogen) atoms. The molecule has 0 aliphatic carbocycles. The van der Waals surface area contributed by atoms with Crippen LogP contribution in [0.15, 0.2) is 66.9 Å². The molecule has 5 nitrogen and oxygen atoms in total. The summed E-state index contributed by atoms with van der Waals surface area (Å²) in [5.74, 6) is 0.677. The van der Waals surface area contributed by atoms with E-state index in [1.807, 2.05) is 30.3 Å². The summed E-state index contributed by atoms with van der Waals surface area (Å²) < 4.78 is 13.7. The van der Waals surface area contributed by atoms with Gasteiger partial charge in [-0.1, -0.05) is 49.4 Å². The molecule has 3 aromatic rings. The van der Waals surface area contributed by atoms with Crippen molar-refractivity contribution >= 4 is 11.8 Å². The number of nitrogens with two attached hydrogens (primary N) is 1. The number of benzene rings is 2. The zero-order chi connectivity index (χ0) is 20.2. The van der Waals surface area contributed by atoms with Crippen molar-refractivity contribution in [1.82, 2.24) is 14.9 Å². The fourth-order valence-electron chi connectivity index (χ4n) is 3.61. The predicted molar refractivity (Wildman–Crippen MR) is 116 cm³/mol. The van der Waals surface area contributed by atoms with Crippen molar-refractivity contribution in [3.8, 4) is 22.3 Å². The van der Waals surface area contributed by atoms with E-state index < -0.39 is 0 Å². The number of aromatic nitrogens is 2. The maximum Gasteiger partial charge on any atom is 0.221 e. The number of hydrogen-bond acceptors (Lipinski definition) is 5. The van der Waals surface area contributed by atoms with E-state index in [0.29, 0.717) is 5.82 Å². The Kier molecular flexibility index (Phi) is 5.53. The molecule has 0 radical (unpaired) electrons. The van der Waals surface area contributed by atoms with Gasteiger partial charge in [-0.05, 0) is 41.3 Å². The van der Waals surface area contributed by atoms with Crippen LogP contribution in [0.3, 0.4) is 0 Å². The first kappa shape index (κ1) is 19.1. The minimum atomic E-state index is -0.254. The molecule has 0 bridgehead atoms. The molecule has 2 heterocycles. The molecule has 0 fully saturated rings. The van der Waals surface area contributed by atoms with Crippen LogP contribution in [-0.2, 0) is 0 Å². The normalized spacial score (nSPS) is 14.8. The van der Waals surface area contributed by atoms with Crippen LogP contribution in [0.25, 0.3) is 22.3 Å². The summed E-state index contributed by atoms with van der Waals surface area (Å²) in [4.78, 5) is 11.0. The highest BCUT2D eigenvalue weighted by molar-refractivity contribution is 5.79. The van der Waals surface area contributed by atoms with Gasteiger partial charge in [0.2, 0.25) is 5.95 Å². The first-order chi connectivity index (χ1) is 14.1. The Labute approximate surface area is 170 Å². The fourth-order valence-corrected chi connectivity index (χ4v) is 3.61. The highest BCUT2D eigenvalue weighted by Crippen LogP contribution is 2.31. The molecule has 1 aliphatic rings. The second-order valence-corrected chi connectivity index (χ2v) is 7.08. The van der Waals surface area contributed by atoms with Crippen molar-refractivity contribution in [1.29, 1.82) is 0 Å². The smallest absolute Gasteiger partial charge is 0.221 e. The summed E-state index contributed by atoms with van der Waals surface area (Å²) in [7, 11) is 0. The molecule has 4 rings (SSSR count). The number of anilines is 2. The first-order valence-electron chi connectivity index (χ1n) is 9.78. The Balaban J connectivity index is 1.69. The van der Waals surface area contributed by atoms with E-state index in [1.165, 1.54) is 12.1 Å². The summed E-state index contributed by atoms with van der Waals surface area (Å²) in [5, 5.41) is 3.54. The number of rotatable bonds is 6. The van der Waals surface area contributed by atoms with Crippen LogP contribution in [0.5, 0.6) is 0 Å². The highest BCUT2D eigenvalue weighted by Gasteiger charge is 2.20. The van der Waals surface area contributed by atoms with Crippen LogP contribution < -0.4 is 11.1 Å². The van der Waals surface area contributed by atoms with E-state index in [4.69, 9.17) is 5.73 Å². The molecule has 148 valence electrons. The minimum Gasteiger partial charge on any atom is -0.368 e. The molecule has 0 saturated carbocycles. The van der Waals surface area contributed by atoms with Crippen LogP contribution in [0.1, 0.15) is 13.3 Å². The molecule has 0 amide bonds. The predicted octanol–water partition coefficient (Wildman–Crippen LogP) is 4.55. The molecular weight excluding hydrogens is 365 g/mol. The largest absolute Gasteiger partial charge is 0.368 e. The van der Waals surface area contributed by atoms with Gasteiger partial charge in [-0.15, -0.1) is 0 Å². The standard InChI is InChI=1S/C23H24FN5/c1-2-21(29-11-3-4-12-29)27-22-20(15-26-23(25)28-22)18-9-5-7-16(13-18)17-8-6-10-19(24)14-17/h3-10,13-15,21H,2,11-12H2,1H3,(H3,25,26,27,28). The van der Waals surface area contributed by atoms with Crippen molar-refractivity contribution in [3.05, 3.63) is 72.7 Å². The summed E-state index contributed by atoms with van der Waals surface area (Å²) in [6, 6.07) is 14.5. The van der Waals surface area contributed by atoms with Gasteiger partial charge in [0.25, 0.3) is 0 Å². The highest BCUT2D eigenvalue weighted by atomic mass is 19.1. The van der Waals surface area contributed by atoms with Crippen LogP contribution in [0.4, 0.5) is 16.2 Å². The average molecular weight is 389 g/mol. The maximum absolute atomic E-state index is 13.7. The lowest BCUT2D eigenvalue weighted by Gasteiger charge is -2.28. The SMILES string of the molecule is CCC(Nc1nc(N)ncc1-c1cccc(-c2cccc(F)c2)c1)N1CC=CC1. The molecule has 0 saturated heterocycles. The lowest BCUT2D eigenvalue weighted by molar-refractivity contribution is 0.271. The van der Waals surface area contributed by atoms with Crippen molar-refractivity contribution in [2.45, 2.75) is 19.5 Å². The molecule has 1 atom stereocenters. The van der Waals surface area contributed by atoms with Crippen LogP contribution in [-0.4, -0.2) is 34.1 Å². The topological polar surface area (TPSA) is 67.1 Å². The van der Waals surface area contributed by atoms with E-state index in [9.17, 15) is 4.39 Å². The molecule has 1 unspecified atom stereocenters. The molecule has 1 aliphatic heterocycles. The molecule has 2 aromatic carbocycles. The van der Waals surface area contributed by atoms with E-state index in [1.54, 1.807) is 12.3 Å². The van der Waals surface area contributed by atoms with Crippen molar-refractivity contribution < 1.29 is 4.39 Å². The average Bonchev–Trinajstić information content (AvgIpc) is 3.27. The maximum atomic E-state index is 13.7. The van der Waals surface area contributed by atoms with Gasteiger partial charge in [0.1, 0.15) is 11.6 Å². The third-order valence-electron chi connectivity index (χ3n) is 5.12. The Bertz CT molecular complexity index is 1030. The second kappa shape index (κ2) is 8.41. The van der Waals surface area contributed by atoms with Crippen LogP contribution in [0, 0.1) is 5.82 Å². The van der Waals surface area contributed by atoms with Gasteiger partial charge >= 0.3 is 0 Å². The van der Waals surface area contributed by atoms with E-state index in [0.717, 1.165) is 41.8 Å². The zero-order valence-corrected chi connectivity index (χ0v) is 16.3. The lowest BCUT2D eigenvalue weighted by atomic mass is 10.00. The number of nitrogens with zero attached hydrogens (tertiary/aromatic N) is 3. The van der Waals surface area contributed by atoms with Crippen molar-refractivity contribution in [3.63, 3.8) is 0 Å². The van der Waals surface area contributed by atoms with Gasteiger partial charge in [0, 0.05) is 24.8 Å². The van der Waals surface area contributed by atoms with Gasteiger partial charge in [0.05, 0.1) is 6.17 Å². The van der Waals surface area contributed by atoms with Gasteiger partial charge in [-0.2, -0.15) is 4.98 Å². The number of nitrogens with one attached hydrogen (secondary N) is 1. The summed E-state index contributed by atoms with van der Waals surface area (Å²) in [6.07, 6.45) is 7.15. The van der Waals surface area contributed by atoms with Gasteiger partial charge in [-0.3, -0.25) is 4.90 Å². The fraction of sp³-hybridized carbons (Fsp3) is 0.217. The first-order valence-corrected chi connectivity index (χ1v) is 9.78. The van der Waals surface area contributed by atoms with Gasteiger partial charge in [0.15, 0.2) is 0 Å². The van der Waals surface area contributed by atoms with Gasteiger partial charge < -0.3 is 11.1 Å². The molecule has 0 spiro atoms. The Morgan fingerprint density at radius 2 is 1.76 bits per heavy atom. The van der Waals surface area contributed by atoms with Crippen LogP contribution >= 0.6 is 0 Å². The minimum absolute atomic E-state index is 0.143. The van der Waals surface area contributed by atoms with E-state index in [2.05, 4.69) is 39.3 Å². The van der Waals surface area contributed by atoms with Crippen molar-refractivity contribution in [2.75, 3.05) is 24.1 Å². The quantitative estimate of drug-likeness (QED) is 0.606. The van der Waals surface area contributed by atoms with E-state index in [-0.39, 0.29) is 17.9 Å². The monoisotopic (exact) mass is 389 g/mol. The Morgan fingerprint density at radius 3 is 2.48 bits per heavy atom. The van der Waals surface area contributed by atoms with E-state index >= 15 is 0 Å². The Morgan fingerprint density at radius 1 is 1.07 bits per heavy atom. The number of halogens is 1. The zero-order valence-electron chi connectivity index (χ0n) is 16.3. The lowest BCUT2D eigenvalue weighted by Crippen LogP contribution is -2.39. The third-order valence-corrected chi connectivity index (χ3v) is 5.12. The number of nitrogen functional groups attached to an aromatic ring is 1. The van der Waals surface area contributed by atoms with Crippen molar-refractivity contribution in [2.24, 2.45) is 0 Å². The van der Waals surface area contributed by atoms with Crippen LogP contribution in [0.2, 0.25) is 0 Å².